The molecule has 3 heteroatoms. The first-order valence-corrected chi connectivity index (χ1v) is 7.93. The van der Waals surface area contributed by atoms with Crippen molar-refractivity contribution < 1.29 is 4.79 Å². The first kappa shape index (κ1) is 14.8. The van der Waals surface area contributed by atoms with E-state index in [1.807, 2.05) is 43.3 Å². The molecule has 3 rings (SSSR count). The predicted molar refractivity (Wildman–Crippen MR) is 93.6 cm³/mol. The van der Waals surface area contributed by atoms with Crippen LogP contribution in [0.3, 0.4) is 0 Å². The lowest BCUT2D eigenvalue weighted by Gasteiger charge is -2.12. The molecule has 3 aromatic rings. The van der Waals surface area contributed by atoms with Crippen molar-refractivity contribution in [2.24, 2.45) is 0 Å². The second-order valence-corrected chi connectivity index (χ2v) is 6.01. The quantitative estimate of drug-likeness (QED) is 0.576. The largest absolute Gasteiger partial charge is 0.312 e. The average Bonchev–Trinajstić information content (AvgIpc) is 2.80. The third-order valence-corrected chi connectivity index (χ3v) is 4.53. The van der Waals surface area contributed by atoms with Crippen LogP contribution in [0.25, 0.3) is 16.9 Å². The maximum absolute atomic E-state index is 12.1. The number of carbonyl (C=O) groups excluding carboxylic acids is 1. The van der Waals surface area contributed by atoms with Gasteiger partial charge in [0, 0.05) is 11.4 Å². The second kappa shape index (κ2) is 5.93. The van der Waals surface area contributed by atoms with Crippen molar-refractivity contribution in [3.63, 3.8) is 0 Å². The number of para-hydroxylation sites is 1. The summed E-state index contributed by atoms with van der Waals surface area (Å²) in [6, 6.07) is 20.2. The number of nitrogens with zero attached hydrogens (tertiary/aromatic N) is 1. The number of hydrogen-bond acceptors (Lipinski definition) is 1. The van der Waals surface area contributed by atoms with Gasteiger partial charge in [-0.3, -0.25) is 4.79 Å². The highest BCUT2D eigenvalue weighted by atomic mass is 79.9. The van der Waals surface area contributed by atoms with Crippen molar-refractivity contribution in [2.75, 3.05) is 0 Å². The number of carbonyl (C=O) groups is 1. The van der Waals surface area contributed by atoms with Crippen molar-refractivity contribution in [1.29, 1.82) is 0 Å². The normalized spacial score (nSPS) is 10.7. The van der Waals surface area contributed by atoms with Gasteiger partial charge in [-0.2, -0.15) is 0 Å². The van der Waals surface area contributed by atoms with Crippen LogP contribution in [0.2, 0.25) is 0 Å². The fraction of sp³-hybridized carbons (Fsp3) is 0.105. The summed E-state index contributed by atoms with van der Waals surface area (Å²) >= 11 is 3.65. The fourth-order valence-corrected chi connectivity index (χ4v) is 3.79. The Hall–Kier alpha value is -2.13. The van der Waals surface area contributed by atoms with Crippen LogP contribution in [-0.4, -0.2) is 10.4 Å². The molecule has 1 aromatic heterocycles. The third-order valence-electron chi connectivity index (χ3n) is 3.76. The Balaban J connectivity index is 2.37. The highest BCUT2D eigenvalue weighted by molar-refractivity contribution is 9.10. The van der Waals surface area contributed by atoms with Crippen molar-refractivity contribution in [3.8, 4) is 16.9 Å². The predicted octanol–water partition coefficient (Wildman–Crippen LogP) is 5.42. The highest BCUT2D eigenvalue weighted by Gasteiger charge is 2.23. The minimum atomic E-state index is 0.0660. The summed E-state index contributed by atoms with van der Waals surface area (Å²) in [5.41, 5.74) is 4.82. The van der Waals surface area contributed by atoms with E-state index in [0.717, 1.165) is 32.7 Å². The van der Waals surface area contributed by atoms with Gasteiger partial charge in [0.25, 0.3) is 0 Å². The Morgan fingerprint density at radius 1 is 0.955 bits per heavy atom. The van der Waals surface area contributed by atoms with E-state index in [1.54, 1.807) is 6.92 Å². The number of benzene rings is 2. The van der Waals surface area contributed by atoms with Crippen LogP contribution in [-0.2, 0) is 0 Å². The first-order chi connectivity index (χ1) is 10.6. The lowest BCUT2D eigenvalue weighted by atomic mass is 10.1. The van der Waals surface area contributed by atoms with Crippen LogP contribution in [0.4, 0.5) is 0 Å². The molecule has 22 heavy (non-hydrogen) atoms. The topological polar surface area (TPSA) is 22.0 Å². The van der Waals surface area contributed by atoms with Crippen LogP contribution in [0, 0.1) is 6.92 Å². The molecule has 2 aromatic carbocycles. The molecule has 0 atom stereocenters. The molecule has 0 aliphatic carbocycles. The van der Waals surface area contributed by atoms with Crippen LogP contribution in [0.1, 0.15) is 23.0 Å². The molecule has 1 heterocycles. The van der Waals surface area contributed by atoms with E-state index >= 15 is 0 Å². The molecule has 0 aliphatic heterocycles. The Morgan fingerprint density at radius 3 is 2.05 bits per heavy atom. The van der Waals surface area contributed by atoms with E-state index in [0.29, 0.717) is 0 Å². The van der Waals surface area contributed by atoms with Gasteiger partial charge in [0.15, 0.2) is 5.78 Å². The molecule has 2 nitrogen and oxygen atoms in total. The highest BCUT2D eigenvalue weighted by Crippen LogP contribution is 2.38. The standard InChI is InChI=1S/C19H16BrNO/c1-13-17(14(2)22)18(20)19(15-9-5-3-6-10-15)21(13)16-11-7-4-8-12-16/h3-12H,1-2H3. The van der Waals surface area contributed by atoms with E-state index in [-0.39, 0.29) is 5.78 Å². The van der Waals surface area contributed by atoms with Gasteiger partial charge in [0.2, 0.25) is 0 Å². The number of rotatable bonds is 3. The maximum atomic E-state index is 12.1. The third kappa shape index (κ3) is 2.42. The molecular formula is C19H16BrNO. The van der Waals surface area contributed by atoms with Crippen molar-refractivity contribution in [2.45, 2.75) is 13.8 Å². The Kier molecular flexibility index (Phi) is 3.99. The monoisotopic (exact) mass is 353 g/mol. The van der Waals surface area contributed by atoms with E-state index in [9.17, 15) is 4.79 Å². The number of ketones is 1. The lowest BCUT2D eigenvalue weighted by molar-refractivity contribution is 0.101. The molecule has 0 spiro atoms. The summed E-state index contributed by atoms with van der Waals surface area (Å²) in [6.07, 6.45) is 0. The summed E-state index contributed by atoms with van der Waals surface area (Å²) in [4.78, 5) is 12.1. The second-order valence-electron chi connectivity index (χ2n) is 5.22. The maximum Gasteiger partial charge on any atom is 0.162 e. The smallest absolute Gasteiger partial charge is 0.162 e. The van der Waals surface area contributed by atoms with Crippen LogP contribution >= 0.6 is 15.9 Å². The summed E-state index contributed by atoms with van der Waals surface area (Å²) in [5, 5.41) is 0. The lowest BCUT2D eigenvalue weighted by Crippen LogP contribution is -2.01. The first-order valence-electron chi connectivity index (χ1n) is 7.14. The summed E-state index contributed by atoms with van der Waals surface area (Å²) in [5.74, 6) is 0.0660. The Morgan fingerprint density at radius 2 is 1.50 bits per heavy atom. The number of aromatic nitrogens is 1. The van der Waals surface area contributed by atoms with E-state index in [2.05, 4.69) is 44.8 Å². The zero-order chi connectivity index (χ0) is 15.7. The van der Waals surface area contributed by atoms with Gasteiger partial charge in [0.05, 0.1) is 15.7 Å². The molecule has 0 amide bonds. The van der Waals surface area contributed by atoms with Crippen molar-refractivity contribution in [3.05, 3.63) is 76.4 Å². The number of Topliss-reactive ketones (excluding diaryl/α,β-unsaturated/α-hetero) is 1. The molecule has 0 unspecified atom stereocenters. The Bertz CT molecular complexity index is 757. The van der Waals surface area contributed by atoms with E-state index in [4.69, 9.17) is 0 Å². The van der Waals surface area contributed by atoms with Gasteiger partial charge in [0.1, 0.15) is 0 Å². The van der Waals surface area contributed by atoms with Crippen molar-refractivity contribution in [1.82, 2.24) is 4.57 Å². The van der Waals surface area contributed by atoms with Gasteiger partial charge in [-0.15, -0.1) is 0 Å². The summed E-state index contributed by atoms with van der Waals surface area (Å²) in [6.45, 7) is 3.60. The van der Waals surface area contributed by atoms with Crippen LogP contribution in [0.5, 0.6) is 0 Å². The zero-order valence-corrected chi connectivity index (χ0v) is 14.1. The fourth-order valence-electron chi connectivity index (χ4n) is 2.82. The molecule has 0 bridgehead atoms. The molecule has 0 N–H and O–H groups in total. The minimum Gasteiger partial charge on any atom is -0.312 e. The molecule has 0 saturated carbocycles. The minimum absolute atomic E-state index is 0.0660. The van der Waals surface area contributed by atoms with Crippen molar-refractivity contribution >= 4 is 21.7 Å². The average molecular weight is 354 g/mol. The summed E-state index contributed by atoms with van der Waals surface area (Å²) < 4.78 is 2.99. The van der Waals surface area contributed by atoms with Gasteiger partial charge in [-0.25, -0.2) is 0 Å². The van der Waals surface area contributed by atoms with Gasteiger partial charge >= 0.3 is 0 Å². The zero-order valence-electron chi connectivity index (χ0n) is 12.5. The van der Waals surface area contributed by atoms with Gasteiger partial charge < -0.3 is 4.57 Å². The number of hydrogen-bond donors (Lipinski definition) is 0. The number of halogens is 1. The van der Waals surface area contributed by atoms with Gasteiger partial charge in [-0.1, -0.05) is 48.5 Å². The molecule has 0 radical (unpaired) electrons. The molecule has 0 aliphatic rings. The van der Waals surface area contributed by atoms with Gasteiger partial charge in [-0.05, 0) is 47.5 Å². The van der Waals surface area contributed by atoms with Crippen LogP contribution in [0.15, 0.2) is 65.1 Å². The molecule has 110 valence electrons. The SMILES string of the molecule is CC(=O)c1c(Br)c(-c2ccccc2)n(-c2ccccc2)c1C. The summed E-state index contributed by atoms with van der Waals surface area (Å²) in [7, 11) is 0. The van der Waals surface area contributed by atoms with E-state index < -0.39 is 0 Å². The Labute approximate surface area is 138 Å². The van der Waals surface area contributed by atoms with E-state index in [1.165, 1.54) is 0 Å². The molecule has 0 saturated heterocycles. The molecule has 0 fully saturated rings. The molecular weight excluding hydrogens is 338 g/mol. The van der Waals surface area contributed by atoms with Crippen LogP contribution < -0.4 is 0 Å².